The molecule has 0 amide bonds. The van der Waals surface area contributed by atoms with E-state index in [9.17, 15) is 4.79 Å². The largest absolute Gasteiger partial charge is 0.480 e. The molecular weight excluding hydrogens is 190 g/mol. The van der Waals surface area contributed by atoms with Crippen molar-refractivity contribution >= 4 is 5.97 Å². The van der Waals surface area contributed by atoms with Gasteiger partial charge in [-0.3, -0.25) is 4.79 Å². The van der Waals surface area contributed by atoms with Crippen LogP contribution in [0.25, 0.3) is 0 Å². The number of likely N-dealkylation sites (N-methyl/N-ethyl adjacent to an activating group) is 1. The number of carboxylic acids is 1. The highest BCUT2D eigenvalue weighted by Gasteiger charge is 2.19. The Labute approximate surface area is 92.6 Å². The van der Waals surface area contributed by atoms with Crippen LogP contribution < -0.4 is 5.32 Å². The van der Waals surface area contributed by atoms with E-state index in [1.807, 2.05) is 13.0 Å². The van der Waals surface area contributed by atoms with Crippen molar-refractivity contribution in [3.63, 3.8) is 0 Å². The Bertz CT molecular complexity index is 202. The van der Waals surface area contributed by atoms with Crippen LogP contribution in [0.4, 0.5) is 0 Å². The molecule has 0 spiro atoms. The van der Waals surface area contributed by atoms with Crippen LogP contribution >= 0.6 is 0 Å². The summed E-state index contributed by atoms with van der Waals surface area (Å²) >= 11 is 0. The van der Waals surface area contributed by atoms with Crippen LogP contribution in [0.15, 0.2) is 12.2 Å². The molecule has 0 saturated carbocycles. The molecule has 0 radical (unpaired) electrons. The smallest absolute Gasteiger partial charge is 0.321 e. The van der Waals surface area contributed by atoms with Gasteiger partial charge in [-0.15, -0.1) is 0 Å². The average molecular weight is 213 g/mol. The van der Waals surface area contributed by atoms with E-state index in [0.717, 1.165) is 6.42 Å². The Kier molecular flexibility index (Phi) is 8.01. The Balaban J connectivity index is 3.88. The summed E-state index contributed by atoms with van der Waals surface area (Å²) in [6.07, 6.45) is 8.79. The van der Waals surface area contributed by atoms with Crippen LogP contribution in [0, 0.1) is 5.92 Å². The van der Waals surface area contributed by atoms with Crippen LogP contribution in [0.5, 0.6) is 0 Å². The van der Waals surface area contributed by atoms with Gasteiger partial charge in [0.25, 0.3) is 0 Å². The Morgan fingerprint density at radius 2 is 2.13 bits per heavy atom. The van der Waals surface area contributed by atoms with E-state index in [0.29, 0.717) is 0 Å². The van der Waals surface area contributed by atoms with Gasteiger partial charge in [-0.25, -0.2) is 0 Å². The molecule has 0 aromatic heterocycles. The first-order valence-electron chi connectivity index (χ1n) is 5.70. The summed E-state index contributed by atoms with van der Waals surface area (Å²) in [7, 11) is 1.68. The van der Waals surface area contributed by atoms with E-state index in [1.54, 1.807) is 7.05 Å². The van der Waals surface area contributed by atoms with Gasteiger partial charge in [0.15, 0.2) is 0 Å². The number of carbonyl (C=O) groups is 1. The minimum Gasteiger partial charge on any atom is -0.480 e. The van der Waals surface area contributed by atoms with Crippen LogP contribution in [0.1, 0.15) is 39.5 Å². The first-order valence-corrected chi connectivity index (χ1v) is 5.70. The maximum absolute atomic E-state index is 10.8. The number of allylic oxidation sites excluding steroid dienone is 1. The third-order valence-corrected chi connectivity index (χ3v) is 2.52. The predicted octanol–water partition coefficient (Wildman–Crippen LogP) is 2.43. The quantitative estimate of drug-likeness (QED) is 0.481. The third-order valence-electron chi connectivity index (χ3n) is 2.52. The first kappa shape index (κ1) is 14.2. The van der Waals surface area contributed by atoms with Gasteiger partial charge in [-0.05, 0) is 19.9 Å². The standard InChI is InChI=1S/C12H23NO2/c1-4-5-6-7-8-9-10(2)11(13-3)12(14)15/h8-11,13H,4-7H2,1-3H3,(H,14,15)/b9-8-. The van der Waals surface area contributed by atoms with Crippen LogP contribution in [0.2, 0.25) is 0 Å². The molecular formula is C12H23NO2. The fourth-order valence-corrected chi connectivity index (χ4v) is 1.55. The van der Waals surface area contributed by atoms with Crippen LogP contribution in [0.3, 0.4) is 0 Å². The van der Waals surface area contributed by atoms with E-state index in [2.05, 4.69) is 18.3 Å². The molecule has 0 saturated heterocycles. The van der Waals surface area contributed by atoms with Crippen LogP contribution in [-0.4, -0.2) is 24.2 Å². The van der Waals surface area contributed by atoms with E-state index >= 15 is 0 Å². The fraction of sp³-hybridized carbons (Fsp3) is 0.750. The molecule has 0 bridgehead atoms. The predicted molar refractivity (Wildman–Crippen MR) is 62.9 cm³/mol. The summed E-state index contributed by atoms with van der Waals surface area (Å²) in [4.78, 5) is 10.8. The van der Waals surface area contributed by atoms with Crippen molar-refractivity contribution in [2.24, 2.45) is 5.92 Å². The molecule has 0 aromatic carbocycles. The zero-order valence-electron chi connectivity index (χ0n) is 9.99. The summed E-state index contributed by atoms with van der Waals surface area (Å²) in [5.74, 6) is -0.752. The molecule has 0 aliphatic carbocycles. The normalized spacial score (nSPS) is 15.4. The maximum atomic E-state index is 10.8. The molecule has 3 heteroatoms. The second kappa shape index (κ2) is 8.48. The lowest BCUT2D eigenvalue weighted by atomic mass is 10.0. The lowest BCUT2D eigenvalue weighted by Crippen LogP contribution is -2.38. The van der Waals surface area contributed by atoms with E-state index in [-0.39, 0.29) is 5.92 Å². The molecule has 0 aliphatic rings. The lowest BCUT2D eigenvalue weighted by Gasteiger charge is -2.15. The molecule has 0 heterocycles. The van der Waals surface area contributed by atoms with Crippen molar-refractivity contribution in [3.8, 4) is 0 Å². The van der Waals surface area contributed by atoms with E-state index in [1.165, 1.54) is 19.3 Å². The molecule has 15 heavy (non-hydrogen) atoms. The van der Waals surface area contributed by atoms with Crippen molar-refractivity contribution in [1.29, 1.82) is 0 Å². The second-order valence-corrected chi connectivity index (χ2v) is 3.89. The molecule has 0 aliphatic heterocycles. The number of carboxylic acid groups (broad SMARTS) is 1. The number of unbranched alkanes of at least 4 members (excludes halogenated alkanes) is 3. The molecule has 2 N–H and O–H groups in total. The summed E-state index contributed by atoms with van der Waals surface area (Å²) in [6, 6.07) is -0.479. The van der Waals surface area contributed by atoms with Gasteiger partial charge >= 0.3 is 5.97 Å². The van der Waals surface area contributed by atoms with Gasteiger partial charge in [0.1, 0.15) is 6.04 Å². The van der Waals surface area contributed by atoms with Crippen molar-refractivity contribution < 1.29 is 9.90 Å². The summed E-state index contributed by atoms with van der Waals surface area (Å²) in [5, 5.41) is 11.7. The third kappa shape index (κ3) is 6.28. The highest BCUT2D eigenvalue weighted by atomic mass is 16.4. The Morgan fingerprint density at radius 3 is 2.60 bits per heavy atom. The second-order valence-electron chi connectivity index (χ2n) is 3.89. The average Bonchev–Trinajstić information content (AvgIpc) is 2.18. The van der Waals surface area contributed by atoms with Gasteiger partial charge in [-0.1, -0.05) is 38.8 Å². The summed E-state index contributed by atoms with van der Waals surface area (Å²) in [5.41, 5.74) is 0. The van der Waals surface area contributed by atoms with Gasteiger partial charge in [0.2, 0.25) is 0 Å². The van der Waals surface area contributed by atoms with Crippen molar-refractivity contribution in [2.75, 3.05) is 7.05 Å². The monoisotopic (exact) mass is 213 g/mol. The van der Waals surface area contributed by atoms with Gasteiger partial charge < -0.3 is 10.4 Å². The molecule has 0 aromatic rings. The highest BCUT2D eigenvalue weighted by molar-refractivity contribution is 5.74. The molecule has 88 valence electrons. The Hall–Kier alpha value is -0.830. The molecule has 0 rings (SSSR count). The molecule has 2 unspecified atom stereocenters. The topological polar surface area (TPSA) is 49.3 Å². The summed E-state index contributed by atoms with van der Waals surface area (Å²) in [6.45, 7) is 4.10. The number of rotatable bonds is 8. The number of hydrogen-bond donors (Lipinski definition) is 2. The van der Waals surface area contributed by atoms with E-state index < -0.39 is 12.0 Å². The molecule has 0 fully saturated rings. The number of nitrogens with one attached hydrogen (secondary N) is 1. The van der Waals surface area contributed by atoms with E-state index in [4.69, 9.17) is 5.11 Å². The zero-order valence-corrected chi connectivity index (χ0v) is 9.99. The van der Waals surface area contributed by atoms with Crippen molar-refractivity contribution in [2.45, 2.75) is 45.6 Å². The zero-order chi connectivity index (χ0) is 11.7. The fourth-order valence-electron chi connectivity index (χ4n) is 1.55. The maximum Gasteiger partial charge on any atom is 0.321 e. The lowest BCUT2D eigenvalue weighted by molar-refractivity contribution is -0.140. The van der Waals surface area contributed by atoms with Gasteiger partial charge in [-0.2, -0.15) is 0 Å². The van der Waals surface area contributed by atoms with Crippen LogP contribution in [-0.2, 0) is 4.79 Å². The highest BCUT2D eigenvalue weighted by Crippen LogP contribution is 2.07. The van der Waals surface area contributed by atoms with Crippen molar-refractivity contribution in [1.82, 2.24) is 5.32 Å². The van der Waals surface area contributed by atoms with Gasteiger partial charge in [0.05, 0.1) is 0 Å². The minimum absolute atomic E-state index is 0.0362. The molecule has 2 atom stereocenters. The van der Waals surface area contributed by atoms with Crippen molar-refractivity contribution in [3.05, 3.63) is 12.2 Å². The Morgan fingerprint density at radius 1 is 1.47 bits per heavy atom. The molecule has 3 nitrogen and oxygen atoms in total. The summed E-state index contributed by atoms with van der Waals surface area (Å²) < 4.78 is 0. The minimum atomic E-state index is -0.789. The SMILES string of the molecule is CCCCC/C=C\C(C)C(NC)C(=O)O. The first-order chi connectivity index (χ1) is 7.13. The number of aliphatic carboxylic acids is 1. The number of hydrogen-bond acceptors (Lipinski definition) is 2. The van der Waals surface area contributed by atoms with Gasteiger partial charge in [0, 0.05) is 5.92 Å².